The summed E-state index contributed by atoms with van der Waals surface area (Å²) in [5.74, 6) is -0.00898. The number of ether oxygens (including phenoxy) is 1. The molecule has 3 rings (SSSR count). The maximum Gasteiger partial charge on any atom is 0.335 e. The van der Waals surface area contributed by atoms with Gasteiger partial charge in [0.1, 0.15) is 0 Å². The number of rotatable bonds is 4. The van der Waals surface area contributed by atoms with Crippen molar-refractivity contribution in [2.24, 2.45) is 0 Å². The second-order valence-corrected chi connectivity index (χ2v) is 4.72. The van der Waals surface area contributed by atoms with Crippen molar-refractivity contribution in [3.63, 3.8) is 0 Å². The molecule has 1 saturated heterocycles. The van der Waals surface area contributed by atoms with Gasteiger partial charge in [0.25, 0.3) is 0 Å². The molecule has 1 unspecified atom stereocenters. The Bertz CT molecular complexity index is 600. The molecule has 0 radical (unpaired) electrons. The zero-order chi connectivity index (χ0) is 13.9. The summed E-state index contributed by atoms with van der Waals surface area (Å²) in [6, 6.07) is 6.35. The second-order valence-electron chi connectivity index (χ2n) is 4.72. The normalized spacial score (nSPS) is 18.3. The van der Waals surface area contributed by atoms with Crippen LogP contribution in [0.5, 0.6) is 0 Å². The number of aromatic nitrogens is 2. The first-order chi connectivity index (χ1) is 9.72. The highest BCUT2D eigenvalue weighted by Gasteiger charge is 2.19. The van der Waals surface area contributed by atoms with Crippen LogP contribution in [-0.2, 0) is 11.2 Å². The Morgan fingerprint density at radius 3 is 2.75 bits per heavy atom. The Balaban J connectivity index is 1.73. The second kappa shape index (κ2) is 5.42. The third kappa shape index (κ3) is 2.70. The van der Waals surface area contributed by atoms with E-state index in [0.29, 0.717) is 23.8 Å². The first-order valence-electron chi connectivity index (χ1n) is 6.50. The van der Waals surface area contributed by atoms with E-state index in [-0.39, 0.29) is 11.7 Å². The monoisotopic (exact) mass is 274 g/mol. The number of hydrogen-bond donors (Lipinski definition) is 1. The molecule has 2 aromatic rings. The molecule has 0 spiro atoms. The minimum absolute atomic E-state index is 0.165. The molecule has 1 atom stereocenters. The van der Waals surface area contributed by atoms with Gasteiger partial charge < -0.3 is 14.3 Å². The van der Waals surface area contributed by atoms with Crippen molar-refractivity contribution < 1.29 is 19.1 Å². The van der Waals surface area contributed by atoms with Crippen LogP contribution in [0.25, 0.3) is 11.5 Å². The summed E-state index contributed by atoms with van der Waals surface area (Å²) in [5.41, 5.74) is 0.939. The van der Waals surface area contributed by atoms with Crippen LogP contribution in [0.3, 0.4) is 0 Å². The van der Waals surface area contributed by atoms with E-state index >= 15 is 0 Å². The van der Waals surface area contributed by atoms with Crippen LogP contribution in [-0.4, -0.2) is 34.0 Å². The van der Waals surface area contributed by atoms with Crippen LogP contribution in [0.4, 0.5) is 0 Å². The van der Waals surface area contributed by atoms with Crippen LogP contribution in [0.1, 0.15) is 29.1 Å². The summed E-state index contributed by atoms with van der Waals surface area (Å²) < 4.78 is 11.1. The molecule has 1 aliphatic rings. The third-order valence-corrected chi connectivity index (χ3v) is 3.27. The van der Waals surface area contributed by atoms with Gasteiger partial charge in [-0.3, -0.25) is 0 Å². The number of hydrogen-bond acceptors (Lipinski definition) is 5. The lowest BCUT2D eigenvalue weighted by atomic mass is 10.1. The number of benzene rings is 1. The maximum atomic E-state index is 10.8. The van der Waals surface area contributed by atoms with E-state index in [1.807, 2.05) is 0 Å². The van der Waals surface area contributed by atoms with Gasteiger partial charge in [0.05, 0.1) is 18.1 Å². The molecule has 1 aromatic heterocycles. The molecular weight excluding hydrogens is 260 g/mol. The first-order valence-corrected chi connectivity index (χ1v) is 6.50. The zero-order valence-electron chi connectivity index (χ0n) is 10.8. The quantitative estimate of drug-likeness (QED) is 0.919. The molecule has 0 amide bonds. The fourth-order valence-corrected chi connectivity index (χ4v) is 2.21. The fourth-order valence-electron chi connectivity index (χ4n) is 2.21. The highest BCUT2D eigenvalue weighted by molar-refractivity contribution is 5.88. The van der Waals surface area contributed by atoms with Crippen LogP contribution in [0.2, 0.25) is 0 Å². The lowest BCUT2D eigenvalue weighted by Gasteiger charge is -2.04. The van der Waals surface area contributed by atoms with Gasteiger partial charge in [-0.1, -0.05) is 0 Å². The van der Waals surface area contributed by atoms with Crippen molar-refractivity contribution in [3.05, 3.63) is 35.7 Å². The molecule has 0 bridgehead atoms. The summed E-state index contributed by atoms with van der Waals surface area (Å²) in [6.45, 7) is 0.794. The zero-order valence-corrected chi connectivity index (χ0v) is 10.8. The van der Waals surface area contributed by atoms with E-state index < -0.39 is 5.97 Å². The molecule has 20 heavy (non-hydrogen) atoms. The standard InChI is InChI=1S/C14H14N2O4/c17-14(18)10-5-3-9(4-6-10)13-16-15-12(20-13)8-11-2-1-7-19-11/h3-6,11H,1-2,7-8H2,(H,17,18). The van der Waals surface area contributed by atoms with Gasteiger partial charge in [0, 0.05) is 12.2 Å². The van der Waals surface area contributed by atoms with E-state index in [1.165, 1.54) is 12.1 Å². The summed E-state index contributed by atoms with van der Waals surface area (Å²) in [4.78, 5) is 10.8. The Kier molecular flexibility index (Phi) is 3.47. The summed E-state index contributed by atoms with van der Waals surface area (Å²) in [5, 5.41) is 16.8. The van der Waals surface area contributed by atoms with Gasteiger partial charge in [-0.15, -0.1) is 10.2 Å². The van der Waals surface area contributed by atoms with E-state index in [9.17, 15) is 4.79 Å². The third-order valence-electron chi connectivity index (χ3n) is 3.27. The summed E-state index contributed by atoms with van der Waals surface area (Å²) in [7, 11) is 0. The Labute approximate surface area is 115 Å². The summed E-state index contributed by atoms with van der Waals surface area (Å²) in [6.07, 6.45) is 2.88. The molecule has 0 saturated carbocycles. The van der Waals surface area contributed by atoms with Crippen molar-refractivity contribution >= 4 is 5.97 Å². The topological polar surface area (TPSA) is 85.5 Å². The Morgan fingerprint density at radius 2 is 2.10 bits per heavy atom. The Hall–Kier alpha value is -2.21. The number of aromatic carboxylic acids is 1. The molecule has 1 aromatic carbocycles. The molecule has 1 N–H and O–H groups in total. The van der Waals surface area contributed by atoms with Gasteiger partial charge >= 0.3 is 5.97 Å². The van der Waals surface area contributed by atoms with Gasteiger partial charge in [-0.2, -0.15) is 0 Å². The first kappa shape index (κ1) is 12.8. The highest BCUT2D eigenvalue weighted by atomic mass is 16.5. The SMILES string of the molecule is O=C(O)c1ccc(-c2nnc(CC3CCCO3)o2)cc1. The van der Waals surface area contributed by atoms with Crippen LogP contribution >= 0.6 is 0 Å². The van der Waals surface area contributed by atoms with Crippen molar-refractivity contribution in [2.75, 3.05) is 6.61 Å². The van der Waals surface area contributed by atoms with E-state index in [1.54, 1.807) is 12.1 Å². The smallest absolute Gasteiger partial charge is 0.335 e. The Morgan fingerprint density at radius 1 is 1.30 bits per heavy atom. The molecule has 104 valence electrons. The average Bonchev–Trinajstić information content (AvgIpc) is 3.11. The van der Waals surface area contributed by atoms with Gasteiger partial charge in [-0.05, 0) is 37.1 Å². The van der Waals surface area contributed by atoms with E-state index in [2.05, 4.69) is 10.2 Å². The molecular formula is C14H14N2O4. The van der Waals surface area contributed by atoms with Gasteiger partial charge in [0.15, 0.2) is 0 Å². The van der Waals surface area contributed by atoms with E-state index in [0.717, 1.165) is 19.4 Å². The van der Waals surface area contributed by atoms with Crippen LogP contribution < -0.4 is 0 Å². The van der Waals surface area contributed by atoms with Crippen LogP contribution in [0.15, 0.2) is 28.7 Å². The predicted octanol–water partition coefficient (Wildman–Crippen LogP) is 2.16. The molecule has 2 heterocycles. The van der Waals surface area contributed by atoms with E-state index in [4.69, 9.17) is 14.3 Å². The van der Waals surface area contributed by atoms with Crippen molar-refractivity contribution in [1.29, 1.82) is 0 Å². The number of nitrogens with zero attached hydrogens (tertiary/aromatic N) is 2. The lowest BCUT2D eigenvalue weighted by molar-refractivity contribution is 0.0697. The molecule has 0 aliphatic carbocycles. The van der Waals surface area contributed by atoms with Crippen molar-refractivity contribution in [3.8, 4) is 11.5 Å². The minimum Gasteiger partial charge on any atom is -0.478 e. The van der Waals surface area contributed by atoms with Crippen LogP contribution in [0, 0.1) is 0 Å². The molecule has 1 aliphatic heterocycles. The highest BCUT2D eigenvalue weighted by Crippen LogP contribution is 2.21. The van der Waals surface area contributed by atoms with Gasteiger partial charge in [0.2, 0.25) is 11.8 Å². The average molecular weight is 274 g/mol. The minimum atomic E-state index is -0.957. The molecule has 6 heteroatoms. The molecule has 1 fully saturated rings. The maximum absolute atomic E-state index is 10.8. The summed E-state index contributed by atoms with van der Waals surface area (Å²) >= 11 is 0. The fraction of sp³-hybridized carbons (Fsp3) is 0.357. The largest absolute Gasteiger partial charge is 0.478 e. The number of carboxylic acid groups (broad SMARTS) is 1. The van der Waals surface area contributed by atoms with Crippen molar-refractivity contribution in [2.45, 2.75) is 25.4 Å². The predicted molar refractivity (Wildman–Crippen MR) is 69.4 cm³/mol. The van der Waals surface area contributed by atoms with Gasteiger partial charge in [-0.25, -0.2) is 4.79 Å². The number of carboxylic acids is 1. The lowest BCUT2D eigenvalue weighted by Crippen LogP contribution is -2.08. The molecule has 6 nitrogen and oxygen atoms in total. The number of carbonyl (C=O) groups is 1. The van der Waals surface area contributed by atoms with Crippen molar-refractivity contribution in [1.82, 2.24) is 10.2 Å².